The number of rotatable bonds is 6. The maximum Gasteiger partial charge on any atom is 0.223 e. The summed E-state index contributed by atoms with van der Waals surface area (Å²) >= 11 is 0. The van der Waals surface area contributed by atoms with Gasteiger partial charge in [0.05, 0.1) is 0 Å². The monoisotopic (exact) mass is 277 g/mol. The van der Waals surface area contributed by atoms with E-state index in [-0.39, 0.29) is 12.4 Å². The lowest BCUT2D eigenvalue weighted by Crippen LogP contribution is -2.16. The van der Waals surface area contributed by atoms with Crippen LogP contribution in [0.1, 0.15) is 30.1 Å². The van der Waals surface area contributed by atoms with Gasteiger partial charge in [-0.25, -0.2) is 4.39 Å². The summed E-state index contributed by atoms with van der Waals surface area (Å²) in [6.45, 7) is 2.53. The first kappa shape index (κ1) is 13.1. The molecule has 1 aromatic carbocycles. The minimum atomic E-state index is -0.264. The van der Waals surface area contributed by atoms with E-state index in [9.17, 15) is 4.39 Å². The Labute approximate surface area is 116 Å². The summed E-state index contributed by atoms with van der Waals surface area (Å²) in [5.74, 6) is 1.36. The number of nitrogens with zero attached hydrogens (tertiary/aromatic N) is 2. The largest absolute Gasteiger partial charge is 0.485 e. The molecule has 1 aliphatic rings. The highest BCUT2D eigenvalue weighted by Crippen LogP contribution is 2.24. The van der Waals surface area contributed by atoms with Crippen molar-refractivity contribution >= 4 is 0 Å². The predicted octanol–water partition coefficient (Wildman–Crippen LogP) is 2.35. The van der Waals surface area contributed by atoms with E-state index in [1.807, 2.05) is 0 Å². The Morgan fingerprint density at radius 3 is 3.00 bits per heavy atom. The molecular formula is C14H16FN3O2. The quantitative estimate of drug-likeness (QED) is 0.878. The molecule has 0 saturated heterocycles. The lowest BCUT2D eigenvalue weighted by molar-refractivity contribution is 0.282. The number of hydrogen-bond acceptors (Lipinski definition) is 5. The van der Waals surface area contributed by atoms with Crippen LogP contribution in [0, 0.1) is 12.7 Å². The molecular weight excluding hydrogens is 261 g/mol. The summed E-state index contributed by atoms with van der Waals surface area (Å²) in [6.07, 6.45) is 2.38. The Balaban J connectivity index is 1.66. The normalized spacial score (nSPS) is 14.5. The van der Waals surface area contributed by atoms with Gasteiger partial charge in [0.1, 0.15) is 11.6 Å². The van der Waals surface area contributed by atoms with E-state index in [0.29, 0.717) is 30.1 Å². The summed E-state index contributed by atoms with van der Waals surface area (Å²) in [7, 11) is 0. The summed E-state index contributed by atoms with van der Waals surface area (Å²) in [5.41, 5.74) is 0.803. The summed E-state index contributed by atoms with van der Waals surface area (Å²) in [5, 5.41) is 7.11. The second-order valence-corrected chi connectivity index (χ2v) is 4.93. The second-order valence-electron chi connectivity index (χ2n) is 4.93. The first-order chi connectivity index (χ1) is 9.70. The van der Waals surface area contributed by atoms with Crippen LogP contribution in [0.15, 0.2) is 22.7 Å². The van der Waals surface area contributed by atoms with Gasteiger partial charge in [-0.05, 0) is 31.0 Å². The number of benzene rings is 1. The van der Waals surface area contributed by atoms with Gasteiger partial charge in [0, 0.05) is 25.1 Å². The molecule has 106 valence electrons. The van der Waals surface area contributed by atoms with Crippen LogP contribution < -0.4 is 10.1 Å². The summed E-state index contributed by atoms with van der Waals surface area (Å²) in [4.78, 5) is 4.06. The van der Waals surface area contributed by atoms with E-state index in [0.717, 1.165) is 5.56 Å². The van der Waals surface area contributed by atoms with Crippen LogP contribution in [0.25, 0.3) is 0 Å². The maximum absolute atomic E-state index is 13.3. The van der Waals surface area contributed by atoms with Crippen LogP contribution in [-0.4, -0.2) is 16.2 Å². The maximum atomic E-state index is 13.3. The third kappa shape index (κ3) is 3.33. The molecule has 0 aliphatic heterocycles. The molecule has 1 aromatic heterocycles. The van der Waals surface area contributed by atoms with Crippen molar-refractivity contribution in [1.82, 2.24) is 15.5 Å². The number of aryl methyl sites for hydroxylation is 1. The van der Waals surface area contributed by atoms with E-state index in [4.69, 9.17) is 9.26 Å². The zero-order valence-electron chi connectivity index (χ0n) is 11.2. The van der Waals surface area contributed by atoms with E-state index < -0.39 is 0 Å². The van der Waals surface area contributed by atoms with E-state index in [1.165, 1.54) is 25.0 Å². The van der Waals surface area contributed by atoms with Gasteiger partial charge in [-0.15, -0.1) is 0 Å². The van der Waals surface area contributed by atoms with Crippen molar-refractivity contribution in [2.75, 3.05) is 0 Å². The fourth-order valence-electron chi connectivity index (χ4n) is 1.91. The highest BCUT2D eigenvalue weighted by molar-refractivity contribution is 5.34. The Hall–Kier alpha value is -1.95. The molecule has 0 bridgehead atoms. The Bertz CT molecular complexity index is 596. The highest BCUT2D eigenvalue weighted by Gasteiger charge is 2.20. The van der Waals surface area contributed by atoms with Crippen molar-refractivity contribution in [3.05, 3.63) is 41.3 Å². The fraction of sp³-hybridized carbons (Fsp3) is 0.429. The van der Waals surface area contributed by atoms with Crippen molar-refractivity contribution < 1.29 is 13.7 Å². The predicted molar refractivity (Wildman–Crippen MR) is 69.6 cm³/mol. The molecule has 1 saturated carbocycles. The fourth-order valence-corrected chi connectivity index (χ4v) is 1.91. The first-order valence-electron chi connectivity index (χ1n) is 6.64. The van der Waals surface area contributed by atoms with Crippen molar-refractivity contribution in [3.8, 4) is 5.75 Å². The number of aromatic nitrogens is 2. The molecule has 0 radical (unpaired) electrons. The van der Waals surface area contributed by atoms with Gasteiger partial charge in [0.25, 0.3) is 0 Å². The van der Waals surface area contributed by atoms with Crippen LogP contribution in [0.2, 0.25) is 0 Å². The van der Waals surface area contributed by atoms with Gasteiger partial charge in [-0.2, -0.15) is 4.98 Å². The second kappa shape index (κ2) is 5.58. The number of halogens is 1. The molecule has 1 aliphatic carbocycles. The number of nitrogens with one attached hydrogen (secondary N) is 1. The molecule has 0 spiro atoms. The van der Waals surface area contributed by atoms with Crippen LogP contribution in [0.4, 0.5) is 4.39 Å². The SMILES string of the molecule is Cc1nc(COc2ccc(F)cc2CNC2CC2)no1. The van der Waals surface area contributed by atoms with E-state index >= 15 is 0 Å². The molecule has 1 fully saturated rings. The van der Waals surface area contributed by atoms with Crippen molar-refractivity contribution in [1.29, 1.82) is 0 Å². The van der Waals surface area contributed by atoms with Gasteiger partial charge in [0.2, 0.25) is 11.7 Å². The standard InChI is InChI=1S/C14H16FN3O2/c1-9-17-14(18-20-9)8-19-13-5-2-11(15)6-10(13)7-16-12-3-4-12/h2,5-6,12,16H,3-4,7-8H2,1H3. The Kier molecular flexibility index (Phi) is 3.64. The molecule has 0 unspecified atom stereocenters. The molecule has 2 aromatic rings. The van der Waals surface area contributed by atoms with E-state index in [1.54, 1.807) is 13.0 Å². The third-order valence-electron chi connectivity index (χ3n) is 3.11. The zero-order chi connectivity index (χ0) is 13.9. The molecule has 1 heterocycles. The third-order valence-corrected chi connectivity index (χ3v) is 3.11. The first-order valence-corrected chi connectivity index (χ1v) is 6.64. The molecule has 3 rings (SSSR count). The average Bonchev–Trinajstić information content (AvgIpc) is 3.17. The topological polar surface area (TPSA) is 60.2 Å². The molecule has 0 atom stereocenters. The van der Waals surface area contributed by atoms with Crippen LogP contribution in [0.5, 0.6) is 5.75 Å². The van der Waals surface area contributed by atoms with Crippen LogP contribution in [-0.2, 0) is 13.2 Å². The molecule has 1 N–H and O–H groups in total. The van der Waals surface area contributed by atoms with Gasteiger partial charge in [0.15, 0.2) is 6.61 Å². The Morgan fingerprint density at radius 2 is 2.30 bits per heavy atom. The van der Waals surface area contributed by atoms with Crippen LogP contribution >= 0.6 is 0 Å². The van der Waals surface area contributed by atoms with Gasteiger partial charge < -0.3 is 14.6 Å². The highest BCUT2D eigenvalue weighted by atomic mass is 19.1. The lowest BCUT2D eigenvalue weighted by atomic mass is 10.2. The van der Waals surface area contributed by atoms with Gasteiger partial charge in [-0.3, -0.25) is 0 Å². The smallest absolute Gasteiger partial charge is 0.223 e. The van der Waals surface area contributed by atoms with Crippen molar-refractivity contribution in [3.63, 3.8) is 0 Å². The van der Waals surface area contributed by atoms with E-state index in [2.05, 4.69) is 15.5 Å². The minimum absolute atomic E-state index is 0.208. The molecule has 6 heteroatoms. The average molecular weight is 277 g/mol. The summed E-state index contributed by atoms with van der Waals surface area (Å²) < 4.78 is 23.9. The number of hydrogen-bond donors (Lipinski definition) is 1. The zero-order valence-corrected chi connectivity index (χ0v) is 11.2. The van der Waals surface area contributed by atoms with Gasteiger partial charge in [-0.1, -0.05) is 5.16 Å². The number of ether oxygens (including phenoxy) is 1. The lowest BCUT2D eigenvalue weighted by Gasteiger charge is -2.11. The van der Waals surface area contributed by atoms with Crippen LogP contribution in [0.3, 0.4) is 0 Å². The van der Waals surface area contributed by atoms with Crippen molar-refractivity contribution in [2.24, 2.45) is 0 Å². The minimum Gasteiger partial charge on any atom is -0.485 e. The summed E-state index contributed by atoms with van der Waals surface area (Å²) in [6, 6.07) is 5.07. The Morgan fingerprint density at radius 1 is 1.45 bits per heavy atom. The molecule has 5 nitrogen and oxygen atoms in total. The molecule has 20 heavy (non-hydrogen) atoms. The molecule has 0 amide bonds. The van der Waals surface area contributed by atoms with Gasteiger partial charge >= 0.3 is 0 Å². The van der Waals surface area contributed by atoms with Crippen molar-refractivity contribution in [2.45, 2.75) is 39.0 Å².